The topological polar surface area (TPSA) is 12.0 Å². The summed E-state index contributed by atoms with van der Waals surface area (Å²) >= 11 is 0. The fourth-order valence-corrected chi connectivity index (χ4v) is 3.12. The van der Waals surface area contributed by atoms with Crippen molar-refractivity contribution in [2.45, 2.75) is 51.1 Å². The summed E-state index contributed by atoms with van der Waals surface area (Å²) in [6, 6.07) is 0. The summed E-state index contributed by atoms with van der Waals surface area (Å²) < 4.78 is 14.4. The third kappa shape index (κ3) is 1.95. The molecule has 1 atom stereocenters. The Hall–Kier alpha value is -0.110. The van der Waals surface area contributed by atoms with Gasteiger partial charge in [0, 0.05) is 6.54 Å². The van der Waals surface area contributed by atoms with Crippen LogP contribution in [0.3, 0.4) is 0 Å². The average molecular weight is 199 g/mol. The largest absolute Gasteiger partial charge is 0.313 e. The first-order valence-electron chi connectivity index (χ1n) is 6.14. The lowest BCUT2D eigenvalue weighted by Gasteiger charge is -2.35. The summed E-state index contributed by atoms with van der Waals surface area (Å²) in [6.07, 6.45) is 6.78. The zero-order valence-electron chi connectivity index (χ0n) is 9.19. The summed E-state index contributed by atoms with van der Waals surface area (Å²) in [4.78, 5) is 0. The second-order valence-electron chi connectivity index (χ2n) is 5.09. The molecule has 0 bridgehead atoms. The van der Waals surface area contributed by atoms with Crippen LogP contribution in [0, 0.1) is 11.8 Å². The van der Waals surface area contributed by atoms with Gasteiger partial charge in [0.25, 0.3) is 0 Å². The predicted molar refractivity (Wildman–Crippen MR) is 57.1 cm³/mol. The van der Waals surface area contributed by atoms with Crippen molar-refractivity contribution in [1.82, 2.24) is 5.32 Å². The van der Waals surface area contributed by atoms with Crippen LogP contribution in [0.15, 0.2) is 0 Å². The molecule has 1 saturated carbocycles. The first kappa shape index (κ1) is 10.4. The van der Waals surface area contributed by atoms with Crippen molar-refractivity contribution >= 4 is 0 Å². The van der Waals surface area contributed by atoms with Crippen LogP contribution < -0.4 is 5.32 Å². The van der Waals surface area contributed by atoms with Crippen LogP contribution in [0.4, 0.5) is 4.39 Å². The lowest BCUT2D eigenvalue weighted by molar-refractivity contribution is 0.0633. The van der Waals surface area contributed by atoms with E-state index in [4.69, 9.17) is 0 Å². The number of alkyl halides is 1. The van der Waals surface area contributed by atoms with Crippen LogP contribution in [-0.2, 0) is 0 Å². The van der Waals surface area contributed by atoms with Crippen molar-refractivity contribution in [2.24, 2.45) is 11.8 Å². The Bertz CT molecular complexity index is 179. The lowest BCUT2D eigenvalue weighted by Crippen LogP contribution is -2.37. The molecule has 14 heavy (non-hydrogen) atoms. The number of hydrogen-bond donors (Lipinski definition) is 1. The molecular formula is C12H22FN. The summed E-state index contributed by atoms with van der Waals surface area (Å²) in [5, 5.41) is 3.16. The van der Waals surface area contributed by atoms with Crippen molar-refractivity contribution in [3.8, 4) is 0 Å². The lowest BCUT2D eigenvalue weighted by atomic mass is 9.73. The Balaban J connectivity index is 1.88. The van der Waals surface area contributed by atoms with Gasteiger partial charge in [0.2, 0.25) is 0 Å². The van der Waals surface area contributed by atoms with Gasteiger partial charge in [-0.2, -0.15) is 0 Å². The minimum Gasteiger partial charge on any atom is -0.313 e. The van der Waals surface area contributed by atoms with Crippen LogP contribution in [0.5, 0.6) is 0 Å². The Labute approximate surface area is 86.5 Å². The molecule has 0 amide bonds. The molecule has 1 aliphatic heterocycles. The highest BCUT2D eigenvalue weighted by molar-refractivity contribution is 4.95. The quantitative estimate of drug-likeness (QED) is 0.721. The zero-order chi connectivity index (χ0) is 10.0. The Morgan fingerprint density at radius 1 is 1.29 bits per heavy atom. The molecule has 0 aromatic rings. The van der Waals surface area contributed by atoms with Crippen LogP contribution in [-0.4, -0.2) is 18.8 Å². The van der Waals surface area contributed by atoms with Crippen LogP contribution in [0.1, 0.15) is 45.4 Å². The molecule has 1 N–H and O–H groups in total. The molecule has 82 valence electrons. The van der Waals surface area contributed by atoms with Gasteiger partial charge in [-0.1, -0.05) is 26.2 Å². The zero-order valence-corrected chi connectivity index (χ0v) is 9.19. The SMILES string of the molecule is CCC1CCC(C2(F)CCNC2)CC1. The van der Waals surface area contributed by atoms with Gasteiger partial charge in [0.15, 0.2) is 0 Å². The highest BCUT2D eigenvalue weighted by Crippen LogP contribution is 2.41. The smallest absolute Gasteiger partial charge is 0.127 e. The first-order valence-corrected chi connectivity index (χ1v) is 6.14. The Morgan fingerprint density at radius 3 is 2.50 bits per heavy atom. The third-order valence-electron chi connectivity index (χ3n) is 4.29. The summed E-state index contributed by atoms with van der Waals surface area (Å²) in [5.74, 6) is 1.23. The van der Waals surface area contributed by atoms with Crippen molar-refractivity contribution in [3.63, 3.8) is 0 Å². The Morgan fingerprint density at radius 2 is 2.00 bits per heavy atom. The minimum absolute atomic E-state index is 0.348. The molecule has 1 aliphatic carbocycles. The maximum absolute atomic E-state index is 14.4. The van der Waals surface area contributed by atoms with Gasteiger partial charge < -0.3 is 5.32 Å². The molecule has 0 aromatic carbocycles. The van der Waals surface area contributed by atoms with Gasteiger partial charge >= 0.3 is 0 Å². The van der Waals surface area contributed by atoms with Crippen LogP contribution in [0.2, 0.25) is 0 Å². The van der Waals surface area contributed by atoms with E-state index in [1.807, 2.05) is 0 Å². The monoisotopic (exact) mass is 199 g/mol. The van der Waals surface area contributed by atoms with Gasteiger partial charge in [-0.3, -0.25) is 0 Å². The van der Waals surface area contributed by atoms with Crippen LogP contribution >= 0.6 is 0 Å². The molecule has 2 heteroatoms. The van der Waals surface area contributed by atoms with Crippen LogP contribution in [0.25, 0.3) is 0 Å². The normalized spacial score (nSPS) is 44.1. The van der Waals surface area contributed by atoms with Crippen molar-refractivity contribution in [2.75, 3.05) is 13.1 Å². The van der Waals surface area contributed by atoms with E-state index in [1.165, 1.54) is 19.3 Å². The van der Waals surface area contributed by atoms with Gasteiger partial charge in [-0.05, 0) is 37.6 Å². The molecule has 1 unspecified atom stereocenters. The van der Waals surface area contributed by atoms with E-state index < -0.39 is 5.67 Å². The number of rotatable bonds is 2. The molecule has 2 aliphatic rings. The second-order valence-corrected chi connectivity index (χ2v) is 5.09. The van der Waals surface area contributed by atoms with Gasteiger partial charge in [0.05, 0.1) is 0 Å². The minimum atomic E-state index is -0.862. The van der Waals surface area contributed by atoms with E-state index in [0.717, 1.165) is 31.7 Å². The Kier molecular flexibility index (Phi) is 3.10. The first-order chi connectivity index (χ1) is 6.74. The standard InChI is InChI=1S/C12H22FN/c1-2-10-3-5-11(6-4-10)12(13)7-8-14-9-12/h10-11,14H,2-9H2,1H3. The fourth-order valence-electron chi connectivity index (χ4n) is 3.12. The van der Waals surface area contributed by atoms with Gasteiger partial charge in [-0.15, -0.1) is 0 Å². The van der Waals surface area contributed by atoms with E-state index in [-0.39, 0.29) is 0 Å². The second kappa shape index (κ2) is 4.18. The van der Waals surface area contributed by atoms with E-state index in [0.29, 0.717) is 12.5 Å². The van der Waals surface area contributed by atoms with E-state index in [2.05, 4.69) is 12.2 Å². The molecule has 1 heterocycles. The molecule has 2 fully saturated rings. The average Bonchev–Trinajstić information content (AvgIpc) is 2.67. The molecule has 1 saturated heterocycles. The van der Waals surface area contributed by atoms with E-state index in [9.17, 15) is 4.39 Å². The fraction of sp³-hybridized carbons (Fsp3) is 1.00. The number of hydrogen-bond acceptors (Lipinski definition) is 1. The molecule has 1 nitrogen and oxygen atoms in total. The molecular weight excluding hydrogens is 177 g/mol. The molecule has 0 aromatic heterocycles. The third-order valence-corrected chi connectivity index (χ3v) is 4.29. The number of nitrogens with one attached hydrogen (secondary N) is 1. The molecule has 2 rings (SSSR count). The number of halogens is 1. The highest BCUT2D eigenvalue weighted by Gasteiger charge is 2.42. The summed E-state index contributed by atoms with van der Waals surface area (Å²) in [7, 11) is 0. The van der Waals surface area contributed by atoms with Crippen molar-refractivity contribution < 1.29 is 4.39 Å². The summed E-state index contributed by atoms with van der Waals surface area (Å²) in [6.45, 7) is 3.74. The molecule has 0 spiro atoms. The molecule has 0 radical (unpaired) electrons. The van der Waals surface area contributed by atoms with Crippen molar-refractivity contribution in [3.05, 3.63) is 0 Å². The van der Waals surface area contributed by atoms with Gasteiger partial charge in [-0.25, -0.2) is 4.39 Å². The van der Waals surface area contributed by atoms with E-state index >= 15 is 0 Å². The summed E-state index contributed by atoms with van der Waals surface area (Å²) in [5.41, 5.74) is -0.862. The maximum atomic E-state index is 14.4. The predicted octanol–water partition coefficient (Wildman–Crippen LogP) is 2.90. The van der Waals surface area contributed by atoms with Crippen molar-refractivity contribution in [1.29, 1.82) is 0 Å². The highest BCUT2D eigenvalue weighted by atomic mass is 19.1. The van der Waals surface area contributed by atoms with E-state index in [1.54, 1.807) is 0 Å². The van der Waals surface area contributed by atoms with Gasteiger partial charge in [0.1, 0.15) is 5.67 Å². The maximum Gasteiger partial charge on any atom is 0.127 e.